The third-order valence-electron chi connectivity index (χ3n) is 6.91. The van der Waals surface area contributed by atoms with E-state index in [1.165, 1.54) is 22.6 Å². The summed E-state index contributed by atoms with van der Waals surface area (Å²) < 4.78 is 0. The minimum absolute atomic E-state index is 0.0834. The fourth-order valence-electron chi connectivity index (χ4n) is 5.16. The number of anilines is 1. The molecule has 1 saturated carbocycles. The van der Waals surface area contributed by atoms with Gasteiger partial charge >= 0.3 is 5.97 Å². The van der Waals surface area contributed by atoms with Gasteiger partial charge in [0.1, 0.15) is 5.00 Å². The maximum Gasteiger partial charge on any atom is 0.307 e. The first kappa shape index (κ1) is 22.1. The molecule has 1 aromatic rings. The van der Waals surface area contributed by atoms with Gasteiger partial charge in [0.2, 0.25) is 5.91 Å². The highest BCUT2D eigenvalue weighted by atomic mass is 32.1. The molecular formula is C24H32N2O4S. The zero-order valence-corrected chi connectivity index (χ0v) is 18.8. The van der Waals surface area contributed by atoms with Crippen molar-refractivity contribution in [2.45, 2.75) is 83.1 Å². The summed E-state index contributed by atoms with van der Waals surface area (Å²) in [5.41, 5.74) is 1.71. The van der Waals surface area contributed by atoms with Gasteiger partial charge in [-0.25, -0.2) is 0 Å². The van der Waals surface area contributed by atoms with Crippen LogP contribution in [0.1, 0.15) is 85.0 Å². The molecule has 6 nitrogen and oxygen atoms in total. The van der Waals surface area contributed by atoms with Crippen molar-refractivity contribution in [2.24, 2.45) is 11.8 Å². The van der Waals surface area contributed by atoms with Gasteiger partial charge in [-0.1, -0.05) is 37.8 Å². The van der Waals surface area contributed by atoms with Crippen LogP contribution in [0.5, 0.6) is 0 Å². The fraction of sp³-hybridized carbons (Fsp3) is 0.625. The van der Waals surface area contributed by atoms with Crippen LogP contribution in [-0.2, 0) is 22.4 Å². The van der Waals surface area contributed by atoms with E-state index in [2.05, 4.69) is 10.6 Å². The van der Waals surface area contributed by atoms with Gasteiger partial charge < -0.3 is 15.7 Å². The number of rotatable bonds is 5. The molecule has 0 radical (unpaired) electrons. The summed E-state index contributed by atoms with van der Waals surface area (Å²) in [6.45, 7) is 0. The molecule has 0 aromatic carbocycles. The summed E-state index contributed by atoms with van der Waals surface area (Å²) in [4.78, 5) is 39.3. The average Bonchev–Trinajstić information content (AvgIpc) is 2.94. The highest BCUT2D eigenvalue weighted by Crippen LogP contribution is 2.39. The lowest BCUT2D eigenvalue weighted by Crippen LogP contribution is -2.37. The number of carbonyl (C=O) groups is 3. The summed E-state index contributed by atoms with van der Waals surface area (Å²) in [6, 6.07) is 0.200. The molecule has 3 N–H and O–H groups in total. The van der Waals surface area contributed by atoms with Gasteiger partial charge in [0.05, 0.1) is 17.4 Å². The van der Waals surface area contributed by atoms with E-state index in [1.54, 1.807) is 0 Å². The standard InChI is InChI=1S/C24H32N2O4S/c27-21(16-11-7-8-12-17(16)24(29)30)26-23-20(18-13-5-2-6-14-19(18)31-23)22(28)25-15-9-3-1-4-10-15/h7-8,15-17H,1-6,9-14H2,(H,25,28)(H,26,27)(H,29,30)/t16-,17+/m0/s1. The molecule has 168 valence electrons. The number of carbonyl (C=O) groups excluding carboxylic acids is 2. The lowest BCUT2D eigenvalue weighted by Gasteiger charge is -2.25. The second-order valence-corrected chi connectivity index (χ2v) is 10.2. The van der Waals surface area contributed by atoms with Gasteiger partial charge in [0.25, 0.3) is 5.91 Å². The van der Waals surface area contributed by atoms with E-state index in [-0.39, 0.29) is 17.9 Å². The monoisotopic (exact) mass is 444 g/mol. The van der Waals surface area contributed by atoms with E-state index in [0.29, 0.717) is 23.4 Å². The molecule has 2 atom stereocenters. The molecule has 0 bridgehead atoms. The number of nitrogens with one attached hydrogen (secondary N) is 2. The molecule has 2 amide bonds. The molecule has 3 aliphatic rings. The predicted octanol–water partition coefficient (Wildman–Crippen LogP) is 4.69. The van der Waals surface area contributed by atoms with Crippen LogP contribution in [0.2, 0.25) is 0 Å². The predicted molar refractivity (Wildman–Crippen MR) is 122 cm³/mol. The zero-order chi connectivity index (χ0) is 21.8. The number of carboxylic acid groups (broad SMARTS) is 1. The highest BCUT2D eigenvalue weighted by Gasteiger charge is 2.35. The Kier molecular flexibility index (Phi) is 7.10. The van der Waals surface area contributed by atoms with Crippen LogP contribution in [0.3, 0.4) is 0 Å². The van der Waals surface area contributed by atoms with Crippen molar-refractivity contribution in [1.29, 1.82) is 0 Å². The lowest BCUT2D eigenvalue weighted by atomic mass is 9.82. The van der Waals surface area contributed by atoms with Gasteiger partial charge in [-0.05, 0) is 56.9 Å². The third kappa shape index (κ3) is 5.03. The largest absolute Gasteiger partial charge is 0.481 e. The Morgan fingerprint density at radius 2 is 1.58 bits per heavy atom. The molecule has 1 heterocycles. The summed E-state index contributed by atoms with van der Waals surface area (Å²) in [6.07, 6.45) is 15.1. The molecule has 3 aliphatic carbocycles. The Bertz CT molecular complexity index is 869. The lowest BCUT2D eigenvalue weighted by molar-refractivity contribution is -0.146. The van der Waals surface area contributed by atoms with Gasteiger partial charge in [0.15, 0.2) is 0 Å². The number of hydrogen-bond acceptors (Lipinski definition) is 4. The Morgan fingerprint density at radius 3 is 2.32 bits per heavy atom. The summed E-state index contributed by atoms with van der Waals surface area (Å²) in [5, 5.41) is 16.3. The minimum Gasteiger partial charge on any atom is -0.481 e. The molecule has 0 spiro atoms. The van der Waals surface area contributed by atoms with Crippen molar-refractivity contribution < 1.29 is 19.5 Å². The number of hydrogen-bond donors (Lipinski definition) is 3. The Hall–Kier alpha value is -2.15. The number of aliphatic carboxylic acids is 1. The molecule has 4 rings (SSSR count). The summed E-state index contributed by atoms with van der Waals surface area (Å²) in [5.74, 6) is -2.65. The quantitative estimate of drug-likeness (QED) is 0.454. The molecule has 1 fully saturated rings. The van der Waals surface area contributed by atoms with Crippen molar-refractivity contribution >= 4 is 34.1 Å². The van der Waals surface area contributed by atoms with Crippen LogP contribution in [0.4, 0.5) is 5.00 Å². The number of thiophene rings is 1. The normalized spacial score (nSPS) is 24.1. The van der Waals surface area contributed by atoms with Gasteiger partial charge in [-0.15, -0.1) is 11.3 Å². The van der Waals surface area contributed by atoms with Gasteiger partial charge in [0, 0.05) is 10.9 Å². The Morgan fingerprint density at radius 1 is 0.903 bits per heavy atom. The number of amides is 2. The van der Waals surface area contributed by atoms with Crippen LogP contribution in [0.15, 0.2) is 12.2 Å². The first-order valence-electron chi connectivity index (χ1n) is 11.7. The molecule has 1 aromatic heterocycles. The van der Waals surface area contributed by atoms with Crippen molar-refractivity contribution in [3.05, 3.63) is 28.2 Å². The van der Waals surface area contributed by atoms with Crippen molar-refractivity contribution in [1.82, 2.24) is 5.32 Å². The van der Waals surface area contributed by atoms with E-state index in [1.807, 2.05) is 12.2 Å². The van der Waals surface area contributed by atoms with E-state index in [9.17, 15) is 19.5 Å². The highest BCUT2D eigenvalue weighted by molar-refractivity contribution is 7.17. The topological polar surface area (TPSA) is 95.5 Å². The van der Waals surface area contributed by atoms with E-state index >= 15 is 0 Å². The average molecular weight is 445 g/mol. The van der Waals surface area contributed by atoms with Crippen molar-refractivity contribution in [2.75, 3.05) is 5.32 Å². The SMILES string of the molecule is O=C(NC1CCCCC1)c1c(NC(=O)[C@H]2CC=CC[C@H]2C(=O)O)sc2c1CCCCC2. The van der Waals surface area contributed by atoms with E-state index in [4.69, 9.17) is 0 Å². The van der Waals surface area contributed by atoms with Crippen molar-refractivity contribution in [3.63, 3.8) is 0 Å². The first-order chi connectivity index (χ1) is 15.0. The molecule has 0 saturated heterocycles. The third-order valence-corrected chi connectivity index (χ3v) is 8.12. The molecule has 7 heteroatoms. The van der Waals surface area contributed by atoms with Crippen LogP contribution < -0.4 is 10.6 Å². The second kappa shape index (κ2) is 9.98. The summed E-state index contributed by atoms with van der Waals surface area (Å²) in [7, 11) is 0. The van der Waals surface area contributed by atoms with Gasteiger partial charge in [-0.2, -0.15) is 0 Å². The van der Waals surface area contributed by atoms with Crippen LogP contribution in [-0.4, -0.2) is 28.9 Å². The maximum atomic E-state index is 13.3. The first-order valence-corrected chi connectivity index (χ1v) is 12.5. The number of fused-ring (bicyclic) bond motifs is 1. The van der Waals surface area contributed by atoms with Crippen LogP contribution in [0.25, 0.3) is 0 Å². The number of allylic oxidation sites excluding steroid dienone is 2. The van der Waals surface area contributed by atoms with Crippen LogP contribution in [0, 0.1) is 11.8 Å². The fourth-order valence-corrected chi connectivity index (χ4v) is 6.45. The Labute approximate surface area is 187 Å². The smallest absolute Gasteiger partial charge is 0.307 e. The van der Waals surface area contributed by atoms with Crippen molar-refractivity contribution in [3.8, 4) is 0 Å². The number of aryl methyl sites for hydroxylation is 1. The molecule has 0 unspecified atom stereocenters. The van der Waals surface area contributed by atoms with Gasteiger partial charge in [-0.3, -0.25) is 14.4 Å². The second-order valence-electron chi connectivity index (χ2n) is 9.06. The minimum atomic E-state index is -0.943. The van der Waals surface area contributed by atoms with E-state index < -0.39 is 17.8 Å². The molecular weight excluding hydrogens is 412 g/mol. The Balaban J connectivity index is 1.59. The van der Waals surface area contributed by atoms with Crippen LogP contribution >= 0.6 is 11.3 Å². The number of carboxylic acids is 1. The maximum absolute atomic E-state index is 13.3. The molecule has 31 heavy (non-hydrogen) atoms. The van der Waals surface area contributed by atoms with E-state index in [0.717, 1.165) is 63.4 Å². The summed E-state index contributed by atoms with van der Waals surface area (Å²) >= 11 is 1.51. The zero-order valence-electron chi connectivity index (χ0n) is 18.0. The molecule has 0 aliphatic heterocycles.